The Labute approximate surface area is 179 Å². The van der Waals surface area contributed by atoms with Gasteiger partial charge in [-0.3, -0.25) is 9.55 Å². The van der Waals surface area contributed by atoms with Gasteiger partial charge in [0.25, 0.3) is 0 Å². The summed E-state index contributed by atoms with van der Waals surface area (Å²) in [5.41, 5.74) is -0.219. The first-order valence-electron chi connectivity index (χ1n) is 9.95. The third kappa shape index (κ3) is 2.33. The molecule has 2 fully saturated rings. The highest BCUT2D eigenvalue weighted by Crippen LogP contribution is 2.62. The van der Waals surface area contributed by atoms with Crippen molar-refractivity contribution in [3.63, 3.8) is 0 Å². The van der Waals surface area contributed by atoms with Crippen LogP contribution in [0.4, 0.5) is 13.2 Å². The van der Waals surface area contributed by atoms with Crippen LogP contribution in [0.15, 0.2) is 42.7 Å². The van der Waals surface area contributed by atoms with Gasteiger partial charge in [-0.15, -0.1) is 10.2 Å². The van der Waals surface area contributed by atoms with Crippen molar-refractivity contribution in [2.75, 3.05) is 0 Å². The predicted molar refractivity (Wildman–Crippen MR) is 104 cm³/mol. The molecule has 1 amide bonds. The van der Waals surface area contributed by atoms with E-state index in [0.717, 1.165) is 24.5 Å². The second kappa shape index (κ2) is 6.14. The molecule has 2 aromatic heterocycles. The van der Waals surface area contributed by atoms with Crippen molar-refractivity contribution in [2.24, 2.45) is 0 Å². The van der Waals surface area contributed by atoms with Crippen LogP contribution in [-0.4, -0.2) is 42.2 Å². The SMILES string of the molecule is O=C(c1cccc(C(F)(F)F)c1Cl)[N+]12C3CC1Cn1c(-c4cccnc4)nnc1C2C3. The van der Waals surface area contributed by atoms with Gasteiger partial charge in [0.1, 0.15) is 12.1 Å². The summed E-state index contributed by atoms with van der Waals surface area (Å²) in [5, 5.41) is 8.19. The first-order valence-corrected chi connectivity index (χ1v) is 10.3. The van der Waals surface area contributed by atoms with Crippen LogP contribution >= 0.6 is 11.6 Å². The fraction of sp³-hybridized carbons (Fsp3) is 0.333. The Morgan fingerprint density at radius 3 is 2.68 bits per heavy atom. The van der Waals surface area contributed by atoms with Crippen molar-refractivity contribution in [3.8, 4) is 11.4 Å². The summed E-state index contributed by atoms with van der Waals surface area (Å²) in [4.78, 5) is 17.8. The summed E-state index contributed by atoms with van der Waals surface area (Å²) >= 11 is 6.10. The van der Waals surface area contributed by atoms with Crippen LogP contribution in [0.2, 0.25) is 5.02 Å². The summed E-state index contributed by atoms with van der Waals surface area (Å²) in [6, 6.07) is 7.08. The van der Waals surface area contributed by atoms with Gasteiger partial charge < -0.3 is 0 Å². The van der Waals surface area contributed by atoms with Gasteiger partial charge in [0.15, 0.2) is 17.7 Å². The number of fused-ring (bicyclic) bond motifs is 2. The minimum absolute atomic E-state index is 0.0409. The van der Waals surface area contributed by atoms with Gasteiger partial charge in [-0.2, -0.15) is 13.2 Å². The van der Waals surface area contributed by atoms with Crippen LogP contribution in [-0.2, 0) is 12.7 Å². The van der Waals surface area contributed by atoms with E-state index in [0.29, 0.717) is 18.2 Å². The molecule has 3 aliphatic heterocycles. The average Bonchev–Trinajstić information content (AvgIpc) is 3.11. The molecule has 0 radical (unpaired) electrons. The average molecular weight is 447 g/mol. The van der Waals surface area contributed by atoms with Crippen molar-refractivity contribution in [1.29, 1.82) is 0 Å². The normalized spacial score (nSPS) is 28.2. The highest BCUT2D eigenvalue weighted by atomic mass is 35.5. The van der Waals surface area contributed by atoms with Crippen molar-refractivity contribution in [3.05, 3.63) is 64.7 Å². The van der Waals surface area contributed by atoms with Crippen molar-refractivity contribution >= 4 is 17.5 Å². The fourth-order valence-corrected chi connectivity index (χ4v) is 5.98. The molecule has 0 N–H and O–H groups in total. The number of aromatic nitrogens is 4. The molecule has 2 saturated heterocycles. The molecule has 0 saturated carbocycles. The number of carbonyl (C=O) groups excluding carboxylic acids is 1. The van der Waals surface area contributed by atoms with Crippen LogP contribution in [0.1, 0.15) is 40.6 Å². The Bertz CT molecular complexity index is 1230. The van der Waals surface area contributed by atoms with E-state index < -0.39 is 16.8 Å². The monoisotopic (exact) mass is 446 g/mol. The second-order valence-corrected chi connectivity index (χ2v) is 8.71. The van der Waals surface area contributed by atoms with E-state index in [1.807, 2.05) is 16.7 Å². The summed E-state index contributed by atoms with van der Waals surface area (Å²) in [5.74, 6) is 1.04. The summed E-state index contributed by atoms with van der Waals surface area (Å²) in [7, 11) is 0. The van der Waals surface area contributed by atoms with Crippen LogP contribution < -0.4 is 0 Å². The van der Waals surface area contributed by atoms with E-state index in [2.05, 4.69) is 15.2 Å². The standard InChI is InChI=1S/C21H16ClF3N5O/c22-17-14(4-1-5-15(17)21(23,24)25)20(31)30-12-7-13(30)10-29-18(11-3-2-6-26-9-11)27-28-19(29)16(30)8-12/h1-6,9,12-13,16H,7-8,10H2/q+1. The van der Waals surface area contributed by atoms with E-state index in [-0.39, 0.29) is 34.1 Å². The Balaban J connectivity index is 1.43. The molecular formula is C21H16ClF3N5O+. The molecule has 10 heteroatoms. The maximum absolute atomic E-state index is 13.7. The summed E-state index contributed by atoms with van der Waals surface area (Å²) < 4.78 is 42.1. The largest absolute Gasteiger partial charge is 0.417 e. The van der Waals surface area contributed by atoms with Gasteiger partial charge in [-0.25, -0.2) is 9.28 Å². The number of piperidine rings is 1. The third-order valence-corrected chi connectivity index (χ3v) is 7.45. The Morgan fingerprint density at radius 2 is 1.97 bits per heavy atom. The topological polar surface area (TPSA) is 60.7 Å². The van der Waals surface area contributed by atoms with Crippen molar-refractivity contribution < 1.29 is 22.4 Å². The molecule has 0 aliphatic carbocycles. The zero-order valence-corrected chi connectivity index (χ0v) is 16.8. The van der Waals surface area contributed by atoms with Gasteiger partial charge in [0.05, 0.1) is 35.5 Å². The molecule has 4 unspecified atom stereocenters. The van der Waals surface area contributed by atoms with E-state index in [9.17, 15) is 18.0 Å². The maximum Gasteiger partial charge on any atom is 0.417 e. The van der Waals surface area contributed by atoms with E-state index in [1.54, 1.807) is 12.4 Å². The van der Waals surface area contributed by atoms with Gasteiger partial charge in [0, 0.05) is 18.0 Å². The number of benzene rings is 1. The molecule has 5 heterocycles. The van der Waals surface area contributed by atoms with E-state index in [4.69, 9.17) is 11.6 Å². The molecule has 0 bridgehead atoms. The van der Waals surface area contributed by atoms with Gasteiger partial charge in [-0.1, -0.05) is 17.7 Å². The fourth-order valence-electron chi connectivity index (χ4n) is 5.66. The Hall–Kier alpha value is -2.78. The number of carbonyl (C=O) groups is 1. The lowest BCUT2D eigenvalue weighted by molar-refractivity contribution is -1.02. The number of hydrogen-bond donors (Lipinski definition) is 0. The predicted octanol–water partition coefficient (Wildman–Crippen LogP) is 4.27. The number of pyridine rings is 1. The maximum atomic E-state index is 13.7. The number of alkyl halides is 3. The number of hydrogen-bond acceptors (Lipinski definition) is 4. The van der Waals surface area contributed by atoms with Crippen LogP contribution in [0.3, 0.4) is 0 Å². The van der Waals surface area contributed by atoms with Crippen LogP contribution in [0, 0.1) is 0 Å². The highest BCUT2D eigenvalue weighted by molar-refractivity contribution is 6.34. The minimum atomic E-state index is -4.62. The quantitative estimate of drug-likeness (QED) is 0.552. The molecule has 3 aromatic rings. The van der Waals surface area contributed by atoms with Crippen LogP contribution in [0.5, 0.6) is 0 Å². The molecular weight excluding hydrogens is 431 g/mol. The summed E-state index contributed by atoms with van der Waals surface area (Å²) in [6.07, 6.45) is 0.364. The molecule has 3 aliphatic rings. The lowest BCUT2D eigenvalue weighted by atomic mass is 9.68. The zero-order valence-electron chi connectivity index (χ0n) is 16.1. The third-order valence-electron chi connectivity index (χ3n) is 7.04. The van der Waals surface area contributed by atoms with E-state index >= 15 is 0 Å². The molecule has 1 aromatic carbocycles. The zero-order chi connectivity index (χ0) is 21.5. The first-order chi connectivity index (χ1) is 14.8. The molecule has 6 nitrogen and oxygen atoms in total. The molecule has 6 rings (SSSR count). The van der Waals surface area contributed by atoms with Gasteiger partial charge in [-0.05, 0) is 24.3 Å². The lowest BCUT2D eigenvalue weighted by Crippen LogP contribution is -2.84. The minimum Gasteiger partial charge on any atom is -0.300 e. The number of quaternary nitrogens is 1. The highest BCUT2D eigenvalue weighted by Gasteiger charge is 2.75. The lowest BCUT2D eigenvalue weighted by Gasteiger charge is -2.68. The number of rotatable bonds is 2. The molecule has 158 valence electrons. The smallest absolute Gasteiger partial charge is 0.300 e. The number of halogens is 4. The van der Waals surface area contributed by atoms with E-state index in [1.165, 1.54) is 12.1 Å². The van der Waals surface area contributed by atoms with Gasteiger partial charge >= 0.3 is 12.1 Å². The van der Waals surface area contributed by atoms with Crippen molar-refractivity contribution in [1.82, 2.24) is 19.7 Å². The molecule has 0 spiro atoms. The molecule has 4 atom stereocenters. The Kier molecular flexibility index (Phi) is 3.75. The number of nitrogens with zero attached hydrogens (tertiary/aromatic N) is 5. The Morgan fingerprint density at radius 1 is 1.13 bits per heavy atom. The van der Waals surface area contributed by atoms with Crippen molar-refractivity contribution in [2.45, 2.75) is 43.7 Å². The molecule has 31 heavy (non-hydrogen) atoms. The number of amides is 1. The van der Waals surface area contributed by atoms with Gasteiger partial charge in [0.2, 0.25) is 0 Å². The first kappa shape index (κ1) is 18.9. The summed E-state index contributed by atoms with van der Waals surface area (Å²) in [6.45, 7) is 0.530. The van der Waals surface area contributed by atoms with Crippen LogP contribution in [0.25, 0.3) is 11.4 Å². The second-order valence-electron chi connectivity index (χ2n) is 8.33.